The van der Waals surface area contributed by atoms with Crippen LogP contribution in [0.1, 0.15) is 35.6 Å². The van der Waals surface area contributed by atoms with Crippen molar-refractivity contribution in [3.8, 4) is 5.75 Å². The second-order valence-corrected chi connectivity index (χ2v) is 6.32. The Morgan fingerprint density at radius 3 is 2.57 bits per heavy atom. The van der Waals surface area contributed by atoms with Crippen LogP contribution in [-0.4, -0.2) is 22.7 Å². The van der Waals surface area contributed by atoms with Gasteiger partial charge in [0.1, 0.15) is 10.8 Å². The summed E-state index contributed by atoms with van der Waals surface area (Å²) in [6.07, 6.45) is 1.01. The zero-order valence-corrected chi connectivity index (χ0v) is 13.2. The van der Waals surface area contributed by atoms with E-state index in [1.165, 1.54) is 11.3 Å². The van der Waals surface area contributed by atoms with Crippen molar-refractivity contribution in [1.82, 2.24) is 10.2 Å². The molecule has 1 heterocycles. The molecule has 0 radical (unpaired) electrons. The summed E-state index contributed by atoms with van der Waals surface area (Å²) in [5, 5.41) is 11.8. The second kappa shape index (κ2) is 7.17. The number of carbonyl (C=O) groups is 1. The molecule has 21 heavy (non-hydrogen) atoms. The number of hydrogen-bond acceptors (Lipinski definition) is 5. The summed E-state index contributed by atoms with van der Waals surface area (Å²) >= 11 is 1.35. The van der Waals surface area contributed by atoms with E-state index >= 15 is 0 Å². The monoisotopic (exact) mass is 305 g/mol. The van der Waals surface area contributed by atoms with Gasteiger partial charge in [-0.3, -0.25) is 10.1 Å². The van der Waals surface area contributed by atoms with Crippen LogP contribution in [0.15, 0.2) is 24.3 Å². The second-order valence-electron chi connectivity index (χ2n) is 5.14. The summed E-state index contributed by atoms with van der Waals surface area (Å²) in [6, 6.07) is 7.10. The number of amides is 1. The lowest BCUT2D eigenvalue weighted by Gasteiger charge is -2.08. The maximum Gasteiger partial charge on any atom is 0.257 e. The normalized spacial score (nSPS) is 10.7. The molecule has 0 saturated carbocycles. The van der Waals surface area contributed by atoms with Crippen LogP contribution in [0, 0.1) is 12.8 Å². The molecule has 0 aliphatic rings. The first-order valence-electron chi connectivity index (χ1n) is 6.89. The summed E-state index contributed by atoms with van der Waals surface area (Å²) in [7, 11) is 0. The summed E-state index contributed by atoms with van der Waals surface area (Å²) in [4.78, 5) is 12.0. The number of carbonyl (C=O) groups excluding carboxylic acids is 1. The highest BCUT2D eigenvalue weighted by molar-refractivity contribution is 7.15. The zero-order valence-electron chi connectivity index (χ0n) is 12.4. The van der Waals surface area contributed by atoms with E-state index < -0.39 is 0 Å². The number of benzene rings is 1. The fraction of sp³-hybridized carbons (Fsp3) is 0.400. The van der Waals surface area contributed by atoms with Crippen molar-refractivity contribution in [2.75, 3.05) is 11.9 Å². The third-order valence-electron chi connectivity index (χ3n) is 2.83. The van der Waals surface area contributed by atoms with Crippen molar-refractivity contribution in [3.05, 3.63) is 34.8 Å². The average molecular weight is 305 g/mol. The highest BCUT2D eigenvalue weighted by Crippen LogP contribution is 2.17. The Hall–Kier alpha value is -1.95. The third kappa shape index (κ3) is 4.82. The molecule has 6 heteroatoms. The fourth-order valence-electron chi connectivity index (χ4n) is 1.63. The third-order valence-corrected chi connectivity index (χ3v) is 3.58. The highest BCUT2D eigenvalue weighted by atomic mass is 32.1. The van der Waals surface area contributed by atoms with Gasteiger partial charge in [0.25, 0.3) is 5.91 Å². The first-order valence-corrected chi connectivity index (χ1v) is 7.70. The molecule has 1 aromatic heterocycles. The van der Waals surface area contributed by atoms with Gasteiger partial charge in [0.15, 0.2) is 0 Å². The lowest BCUT2D eigenvalue weighted by molar-refractivity contribution is 0.102. The number of aryl methyl sites for hydroxylation is 1. The Morgan fingerprint density at radius 1 is 1.29 bits per heavy atom. The molecule has 0 saturated heterocycles. The lowest BCUT2D eigenvalue weighted by Crippen LogP contribution is -2.11. The van der Waals surface area contributed by atoms with E-state index in [1.807, 2.05) is 6.92 Å². The molecule has 2 aromatic rings. The van der Waals surface area contributed by atoms with E-state index in [1.54, 1.807) is 24.3 Å². The average Bonchev–Trinajstić information content (AvgIpc) is 2.84. The quantitative estimate of drug-likeness (QED) is 0.887. The molecule has 0 atom stereocenters. The molecular weight excluding hydrogens is 286 g/mol. The summed E-state index contributed by atoms with van der Waals surface area (Å²) in [5.74, 6) is 1.20. The van der Waals surface area contributed by atoms with Crippen molar-refractivity contribution in [1.29, 1.82) is 0 Å². The maximum absolute atomic E-state index is 12.0. The number of rotatable bonds is 6. The maximum atomic E-state index is 12.0. The Morgan fingerprint density at radius 2 is 2.00 bits per heavy atom. The molecular formula is C15H19N3O2S. The standard InChI is InChI=1S/C15H19N3O2S/c1-10(2)8-9-20-13-6-4-12(5-7-13)14(19)16-15-18-17-11(3)21-15/h4-7,10H,8-9H2,1-3H3,(H,16,18,19). The first-order chi connectivity index (χ1) is 10.0. The molecule has 0 spiro atoms. The van der Waals surface area contributed by atoms with Gasteiger partial charge in [-0.15, -0.1) is 10.2 Å². The van der Waals surface area contributed by atoms with E-state index in [9.17, 15) is 4.79 Å². The largest absolute Gasteiger partial charge is 0.494 e. The first kappa shape index (κ1) is 15.4. The van der Waals surface area contributed by atoms with Crippen LogP contribution in [0.4, 0.5) is 5.13 Å². The predicted molar refractivity (Wildman–Crippen MR) is 84.0 cm³/mol. The molecule has 0 unspecified atom stereocenters. The lowest BCUT2D eigenvalue weighted by atomic mass is 10.1. The molecule has 1 amide bonds. The summed E-state index contributed by atoms with van der Waals surface area (Å²) in [5.41, 5.74) is 0.569. The van der Waals surface area contributed by atoms with Gasteiger partial charge in [-0.05, 0) is 43.5 Å². The molecule has 0 bridgehead atoms. The number of anilines is 1. The number of ether oxygens (including phenoxy) is 1. The molecule has 1 aromatic carbocycles. The van der Waals surface area contributed by atoms with Crippen molar-refractivity contribution < 1.29 is 9.53 Å². The smallest absolute Gasteiger partial charge is 0.257 e. The fourth-order valence-corrected chi connectivity index (χ4v) is 2.22. The molecule has 5 nitrogen and oxygen atoms in total. The molecule has 0 aliphatic carbocycles. The van der Waals surface area contributed by atoms with Crippen molar-refractivity contribution in [2.45, 2.75) is 27.2 Å². The van der Waals surface area contributed by atoms with Gasteiger partial charge in [0, 0.05) is 5.56 Å². The van der Waals surface area contributed by atoms with Gasteiger partial charge in [-0.2, -0.15) is 0 Å². The van der Waals surface area contributed by atoms with Gasteiger partial charge in [0.05, 0.1) is 6.61 Å². The minimum Gasteiger partial charge on any atom is -0.494 e. The van der Waals surface area contributed by atoms with E-state index in [-0.39, 0.29) is 5.91 Å². The minimum atomic E-state index is -0.195. The van der Waals surface area contributed by atoms with E-state index in [0.29, 0.717) is 23.2 Å². The number of aromatic nitrogens is 2. The zero-order chi connectivity index (χ0) is 15.2. The number of hydrogen-bond donors (Lipinski definition) is 1. The van der Waals surface area contributed by atoms with Crippen molar-refractivity contribution in [2.24, 2.45) is 5.92 Å². The molecule has 2 rings (SSSR count). The van der Waals surface area contributed by atoms with Gasteiger partial charge in [-0.1, -0.05) is 25.2 Å². The Labute approximate surface area is 128 Å². The topological polar surface area (TPSA) is 64.1 Å². The van der Waals surface area contributed by atoms with Crippen molar-refractivity contribution in [3.63, 3.8) is 0 Å². The minimum absolute atomic E-state index is 0.195. The summed E-state index contributed by atoms with van der Waals surface area (Å²) < 4.78 is 5.62. The molecule has 1 N–H and O–H groups in total. The van der Waals surface area contributed by atoms with Crippen LogP contribution in [0.5, 0.6) is 5.75 Å². The van der Waals surface area contributed by atoms with E-state index in [0.717, 1.165) is 17.2 Å². The highest BCUT2D eigenvalue weighted by Gasteiger charge is 2.09. The summed E-state index contributed by atoms with van der Waals surface area (Å²) in [6.45, 7) is 6.85. The molecule has 0 fully saturated rings. The van der Waals surface area contributed by atoms with Gasteiger partial charge in [0.2, 0.25) is 5.13 Å². The van der Waals surface area contributed by atoms with E-state index in [2.05, 4.69) is 29.4 Å². The van der Waals surface area contributed by atoms with Crippen LogP contribution in [0.3, 0.4) is 0 Å². The van der Waals surface area contributed by atoms with Crippen LogP contribution in [-0.2, 0) is 0 Å². The Balaban J connectivity index is 1.90. The predicted octanol–water partition coefficient (Wildman–Crippen LogP) is 3.52. The van der Waals surface area contributed by atoms with Gasteiger partial charge < -0.3 is 4.74 Å². The van der Waals surface area contributed by atoms with Crippen LogP contribution >= 0.6 is 11.3 Å². The molecule has 112 valence electrons. The number of nitrogens with one attached hydrogen (secondary N) is 1. The Bertz CT molecular complexity index is 593. The SMILES string of the molecule is Cc1nnc(NC(=O)c2ccc(OCCC(C)C)cc2)s1. The van der Waals surface area contributed by atoms with Gasteiger partial charge >= 0.3 is 0 Å². The number of nitrogens with zero attached hydrogens (tertiary/aromatic N) is 2. The van der Waals surface area contributed by atoms with Crippen molar-refractivity contribution >= 4 is 22.4 Å². The van der Waals surface area contributed by atoms with Crippen LogP contribution < -0.4 is 10.1 Å². The van der Waals surface area contributed by atoms with Gasteiger partial charge in [-0.25, -0.2) is 0 Å². The van der Waals surface area contributed by atoms with Crippen LogP contribution in [0.2, 0.25) is 0 Å². The molecule has 0 aliphatic heterocycles. The Kier molecular flexibility index (Phi) is 5.27. The van der Waals surface area contributed by atoms with Crippen LogP contribution in [0.25, 0.3) is 0 Å². The van der Waals surface area contributed by atoms with E-state index in [4.69, 9.17) is 4.74 Å².